The van der Waals surface area contributed by atoms with Crippen molar-refractivity contribution >= 4 is 23.2 Å². The Hall–Kier alpha value is -0.520. The van der Waals surface area contributed by atoms with E-state index < -0.39 is 12.3 Å². The zero-order valence-electron chi connectivity index (χ0n) is 8.18. The van der Waals surface area contributed by atoms with Crippen molar-refractivity contribution in [1.82, 2.24) is 4.98 Å². The van der Waals surface area contributed by atoms with E-state index in [4.69, 9.17) is 23.2 Å². The minimum absolute atomic E-state index is 0.0434. The van der Waals surface area contributed by atoms with Crippen molar-refractivity contribution in [3.8, 4) is 0 Å². The smallest absolute Gasteiger partial charge is 0.364 e. The van der Waals surface area contributed by atoms with Gasteiger partial charge in [-0.25, -0.2) is 4.98 Å². The molecule has 0 saturated carbocycles. The summed E-state index contributed by atoms with van der Waals surface area (Å²) >= 11 is 11.2. The molecule has 1 aromatic heterocycles. The van der Waals surface area contributed by atoms with Gasteiger partial charge >= 0.3 is 6.18 Å². The van der Waals surface area contributed by atoms with E-state index in [-0.39, 0.29) is 16.9 Å². The average Bonchev–Trinajstić information content (AvgIpc) is 2.14. The van der Waals surface area contributed by atoms with Gasteiger partial charge in [0.2, 0.25) is 0 Å². The van der Waals surface area contributed by atoms with Gasteiger partial charge < -0.3 is 4.74 Å². The highest BCUT2D eigenvalue weighted by Gasteiger charge is 2.36. The third kappa shape index (κ3) is 3.81. The van der Waals surface area contributed by atoms with Crippen molar-refractivity contribution in [3.63, 3.8) is 0 Å². The highest BCUT2D eigenvalue weighted by Crippen LogP contribution is 2.24. The molecule has 0 fully saturated rings. The molecule has 0 amide bonds. The average molecular weight is 274 g/mol. The Labute approximate surface area is 100 Å². The number of nitrogens with zero attached hydrogens (tertiary/aromatic N) is 1. The summed E-state index contributed by atoms with van der Waals surface area (Å²) in [4.78, 5) is 3.68. The maximum Gasteiger partial charge on any atom is 0.414 e. The first-order chi connectivity index (χ1) is 7.30. The van der Waals surface area contributed by atoms with Crippen LogP contribution in [0, 0.1) is 0 Å². The van der Waals surface area contributed by atoms with Crippen molar-refractivity contribution in [1.29, 1.82) is 0 Å². The molecular weight excluding hydrogens is 266 g/mol. The Morgan fingerprint density at radius 1 is 1.38 bits per heavy atom. The quantitative estimate of drug-likeness (QED) is 0.781. The monoisotopic (exact) mass is 273 g/mol. The lowest BCUT2D eigenvalue weighted by Crippen LogP contribution is -2.28. The number of halogens is 5. The molecule has 0 bridgehead atoms. The highest BCUT2D eigenvalue weighted by molar-refractivity contribution is 6.32. The second-order valence-electron chi connectivity index (χ2n) is 3.08. The Morgan fingerprint density at radius 2 is 2.00 bits per heavy atom. The van der Waals surface area contributed by atoms with Gasteiger partial charge in [0, 0.05) is 5.56 Å². The van der Waals surface area contributed by atoms with E-state index in [2.05, 4.69) is 9.72 Å². The fourth-order valence-electron chi connectivity index (χ4n) is 0.858. The molecule has 1 unspecified atom stereocenters. The molecule has 7 heteroatoms. The SMILES string of the molecule is CC(OCc1ccc(Cl)nc1Cl)C(F)(F)F. The van der Waals surface area contributed by atoms with Crippen LogP contribution < -0.4 is 0 Å². The van der Waals surface area contributed by atoms with Gasteiger partial charge in [-0.1, -0.05) is 29.3 Å². The molecule has 0 aliphatic carbocycles. The zero-order valence-corrected chi connectivity index (χ0v) is 9.70. The molecular formula is C9H8Cl2F3NO. The zero-order chi connectivity index (χ0) is 12.3. The van der Waals surface area contributed by atoms with Gasteiger partial charge in [0.25, 0.3) is 0 Å². The summed E-state index contributed by atoms with van der Waals surface area (Å²) in [5, 5.41) is 0.222. The number of aromatic nitrogens is 1. The van der Waals surface area contributed by atoms with E-state index >= 15 is 0 Å². The van der Waals surface area contributed by atoms with Crippen molar-refractivity contribution in [3.05, 3.63) is 28.0 Å². The molecule has 1 heterocycles. The van der Waals surface area contributed by atoms with Crippen LogP contribution in [0.3, 0.4) is 0 Å². The Kier molecular flexibility index (Phi) is 4.41. The minimum atomic E-state index is -4.38. The molecule has 0 aromatic carbocycles. The summed E-state index contributed by atoms with van der Waals surface area (Å²) in [6.07, 6.45) is -6.23. The lowest BCUT2D eigenvalue weighted by atomic mass is 10.3. The predicted octanol–water partition coefficient (Wildman–Crippen LogP) is 3.86. The van der Waals surface area contributed by atoms with Gasteiger partial charge in [0.15, 0.2) is 6.10 Å². The van der Waals surface area contributed by atoms with Crippen LogP contribution in [0.4, 0.5) is 13.2 Å². The van der Waals surface area contributed by atoms with E-state index in [1.54, 1.807) is 0 Å². The first-order valence-corrected chi connectivity index (χ1v) is 5.05. The first kappa shape index (κ1) is 13.5. The third-order valence-corrected chi connectivity index (χ3v) is 2.38. The van der Waals surface area contributed by atoms with E-state index in [0.29, 0.717) is 5.56 Å². The Balaban J connectivity index is 2.62. The molecule has 0 saturated heterocycles. The topological polar surface area (TPSA) is 22.1 Å². The fraction of sp³-hybridized carbons (Fsp3) is 0.444. The molecule has 0 N–H and O–H groups in total. The van der Waals surface area contributed by atoms with Gasteiger partial charge in [-0.2, -0.15) is 13.2 Å². The lowest BCUT2D eigenvalue weighted by Gasteiger charge is -2.16. The second kappa shape index (κ2) is 5.21. The highest BCUT2D eigenvalue weighted by atomic mass is 35.5. The van der Waals surface area contributed by atoms with Gasteiger partial charge in [-0.15, -0.1) is 0 Å². The molecule has 0 aliphatic rings. The summed E-state index contributed by atoms with van der Waals surface area (Å²) in [5.74, 6) is 0. The van der Waals surface area contributed by atoms with Crippen molar-refractivity contribution in [2.45, 2.75) is 25.8 Å². The molecule has 0 radical (unpaired) electrons. The van der Waals surface area contributed by atoms with Crippen LogP contribution in [-0.2, 0) is 11.3 Å². The fourth-order valence-corrected chi connectivity index (χ4v) is 1.26. The van der Waals surface area contributed by atoms with Crippen molar-refractivity contribution < 1.29 is 17.9 Å². The van der Waals surface area contributed by atoms with E-state index in [1.165, 1.54) is 12.1 Å². The second-order valence-corrected chi connectivity index (χ2v) is 3.82. The lowest BCUT2D eigenvalue weighted by molar-refractivity contribution is -0.217. The van der Waals surface area contributed by atoms with E-state index in [9.17, 15) is 13.2 Å². The van der Waals surface area contributed by atoms with Gasteiger partial charge in [-0.05, 0) is 13.0 Å². The Bertz CT molecular complexity index is 370. The number of ether oxygens (including phenoxy) is 1. The molecule has 16 heavy (non-hydrogen) atoms. The number of alkyl halides is 3. The summed E-state index contributed by atoms with van der Waals surface area (Å²) in [7, 11) is 0. The minimum Gasteiger partial charge on any atom is -0.364 e. The van der Waals surface area contributed by atoms with Crippen LogP contribution in [0.5, 0.6) is 0 Å². The van der Waals surface area contributed by atoms with Crippen LogP contribution in [0.2, 0.25) is 10.3 Å². The number of hydrogen-bond donors (Lipinski definition) is 0. The van der Waals surface area contributed by atoms with Crippen molar-refractivity contribution in [2.75, 3.05) is 0 Å². The maximum absolute atomic E-state index is 12.1. The van der Waals surface area contributed by atoms with Gasteiger partial charge in [0.1, 0.15) is 10.3 Å². The third-order valence-electron chi connectivity index (χ3n) is 1.84. The van der Waals surface area contributed by atoms with Gasteiger partial charge in [-0.3, -0.25) is 0 Å². The molecule has 0 aliphatic heterocycles. The van der Waals surface area contributed by atoms with Crippen LogP contribution >= 0.6 is 23.2 Å². The maximum atomic E-state index is 12.1. The number of hydrogen-bond acceptors (Lipinski definition) is 2. The molecule has 2 nitrogen and oxygen atoms in total. The van der Waals surface area contributed by atoms with Crippen LogP contribution in [0.25, 0.3) is 0 Å². The summed E-state index contributed by atoms with van der Waals surface area (Å²) in [6.45, 7) is 0.668. The normalized spacial score (nSPS) is 13.9. The van der Waals surface area contributed by atoms with Crippen LogP contribution in [-0.4, -0.2) is 17.3 Å². The summed E-state index contributed by atoms with van der Waals surface area (Å²) in [6, 6.07) is 2.91. The largest absolute Gasteiger partial charge is 0.414 e. The first-order valence-electron chi connectivity index (χ1n) is 4.30. The standard InChI is InChI=1S/C9H8Cl2F3NO/c1-5(9(12,13)14)16-4-6-2-3-7(10)15-8(6)11/h2-3,5H,4H2,1H3. The number of pyridine rings is 1. The van der Waals surface area contributed by atoms with Crippen LogP contribution in [0.15, 0.2) is 12.1 Å². The summed E-state index contributed by atoms with van der Waals surface area (Å²) < 4.78 is 41.0. The van der Waals surface area contributed by atoms with Crippen molar-refractivity contribution in [2.24, 2.45) is 0 Å². The van der Waals surface area contributed by atoms with E-state index in [1.807, 2.05) is 0 Å². The molecule has 90 valence electrons. The number of rotatable bonds is 3. The molecule has 1 atom stereocenters. The van der Waals surface area contributed by atoms with Crippen LogP contribution in [0.1, 0.15) is 12.5 Å². The predicted molar refractivity (Wildman–Crippen MR) is 54.6 cm³/mol. The summed E-state index contributed by atoms with van der Waals surface area (Å²) in [5.41, 5.74) is 0.363. The molecule has 1 rings (SSSR count). The van der Waals surface area contributed by atoms with E-state index in [0.717, 1.165) is 6.92 Å². The van der Waals surface area contributed by atoms with Gasteiger partial charge in [0.05, 0.1) is 6.61 Å². The molecule has 1 aromatic rings. The molecule has 0 spiro atoms. The Morgan fingerprint density at radius 3 is 2.50 bits per heavy atom.